The Morgan fingerprint density at radius 3 is 2.26 bits per heavy atom. The van der Waals surface area contributed by atoms with E-state index in [2.05, 4.69) is 10.3 Å². The average Bonchev–Trinajstić information content (AvgIpc) is 3.32. The van der Waals surface area contributed by atoms with Gasteiger partial charge in [0.1, 0.15) is 11.1 Å². The van der Waals surface area contributed by atoms with E-state index in [0.29, 0.717) is 33.2 Å². The number of para-hydroxylation sites is 1. The summed E-state index contributed by atoms with van der Waals surface area (Å²) in [6.07, 6.45) is 0. The molecule has 0 saturated heterocycles. The van der Waals surface area contributed by atoms with Gasteiger partial charge >= 0.3 is 5.63 Å². The Labute approximate surface area is 173 Å². The summed E-state index contributed by atoms with van der Waals surface area (Å²) in [6, 6.07) is 20.4. The quantitative estimate of drug-likeness (QED) is 0.328. The van der Waals surface area contributed by atoms with Crippen LogP contribution in [0.5, 0.6) is 0 Å². The fourth-order valence-corrected chi connectivity index (χ4v) is 3.85. The second-order valence-electron chi connectivity index (χ2n) is 7.12. The maximum atomic E-state index is 12.7. The number of imide groups is 1. The molecule has 3 aromatic carbocycles. The Bertz CT molecular complexity index is 1580. The topological polar surface area (TPSA) is 98.3 Å². The molecule has 8 heteroatoms. The standard InChI is InChI=1S/C23H12N4O4/c28-21-15-5-1-2-6-16(15)22(29)26(21)14-10-9-13-11-19(23(30)31-20(13)12-14)27-18-8-4-3-7-17(18)24-25-27/h1-12H. The second kappa shape index (κ2) is 6.20. The first kappa shape index (κ1) is 17.3. The number of hydrogen-bond acceptors (Lipinski definition) is 6. The molecule has 0 aliphatic carbocycles. The summed E-state index contributed by atoms with van der Waals surface area (Å²) in [7, 11) is 0. The van der Waals surface area contributed by atoms with Crippen LogP contribution in [0.4, 0.5) is 5.69 Å². The van der Waals surface area contributed by atoms with Crippen molar-refractivity contribution in [2.75, 3.05) is 4.90 Å². The van der Waals surface area contributed by atoms with Crippen molar-refractivity contribution in [1.82, 2.24) is 15.0 Å². The minimum atomic E-state index is -0.609. The van der Waals surface area contributed by atoms with E-state index in [1.165, 1.54) is 10.7 Å². The predicted octanol–water partition coefficient (Wildman–Crippen LogP) is 3.33. The average molecular weight is 408 g/mol. The lowest BCUT2D eigenvalue weighted by molar-refractivity contribution is 0.0926. The van der Waals surface area contributed by atoms with Crippen LogP contribution >= 0.6 is 0 Å². The lowest BCUT2D eigenvalue weighted by Crippen LogP contribution is -2.29. The zero-order valence-electron chi connectivity index (χ0n) is 15.9. The number of carbonyl (C=O) groups is 2. The molecule has 0 fully saturated rings. The summed E-state index contributed by atoms with van der Waals surface area (Å²) >= 11 is 0. The Morgan fingerprint density at radius 2 is 1.48 bits per heavy atom. The first-order valence-electron chi connectivity index (χ1n) is 9.48. The minimum absolute atomic E-state index is 0.217. The molecule has 0 unspecified atom stereocenters. The van der Waals surface area contributed by atoms with Gasteiger partial charge in [-0.25, -0.2) is 14.4 Å². The van der Waals surface area contributed by atoms with E-state index in [-0.39, 0.29) is 11.3 Å². The smallest absolute Gasteiger partial charge is 0.362 e. The highest BCUT2D eigenvalue weighted by molar-refractivity contribution is 6.34. The van der Waals surface area contributed by atoms with Crippen LogP contribution in [0.1, 0.15) is 20.7 Å². The molecule has 31 heavy (non-hydrogen) atoms. The maximum absolute atomic E-state index is 12.7. The SMILES string of the molecule is O=C1c2ccccc2C(=O)N1c1ccc2cc(-n3nnc4ccccc43)c(=O)oc2c1. The molecule has 2 aromatic heterocycles. The molecule has 0 radical (unpaired) electrons. The Morgan fingerprint density at radius 1 is 0.774 bits per heavy atom. The molecular formula is C23H12N4O4. The van der Waals surface area contributed by atoms with Gasteiger partial charge in [0.2, 0.25) is 0 Å². The molecule has 148 valence electrons. The first-order valence-corrected chi connectivity index (χ1v) is 9.48. The lowest BCUT2D eigenvalue weighted by atomic mass is 10.1. The van der Waals surface area contributed by atoms with Crippen molar-refractivity contribution in [3.05, 3.63) is 94.3 Å². The van der Waals surface area contributed by atoms with Crippen molar-refractivity contribution >= 4 is 39.5 Å². The monoisotopic (exact) mass is 408 g/mol. The summed E-state index contributed by atoms with van der Waals surface area (Å²) in [5, 5.41) is 8.76. The molecule has 0 atom stereocenters. The van der Waals surface area contributed by atoms with E-state index in [9.17, 15) is 14.4 Å². The van der Waals surface area contributed by atoms with E-state index < -0.39 is 17.4 Å². The van der Waals surface area contributed by atoms with Crippen LogP contribution in [0, 0.1) is 0 Å². The fraction of sp³-hybridized carbons (Fsp3) is 0. The third-order valence-corrected chi connectivity index (χ3v) is 5.33. The predicted molar refractivity (Wildman–Crippen MR) is 112 cm³/mol. The van der Waals surface area contributed by atoms with Crippen LogP contribution < -0.4 is 10.5 Å². The lowest BCUT2D eigenvalue weighted by Gasteiger charge is -2.14. The van der Waals surface area contributed by atoms with Gasteiger partial charge in [-0.15, -0.1) is 5.10 Å². The highest BCUT2D eigenvalue weighted by Crippen LogP contribution is 2.30. The van der Waals surface area contributed by atoms with Gasteiger partial charge in [-0.2, -0.15) is 0 Å². The van der Waals surface area contributed by atoms with Crippen molar-refractivity contribution in [3.8, 4) is 5.69 Å². The summed E-state index contributed by atoms with van der Waals surface area (Å²) in [5.41, 5.74) is 2.23. The maximum Gasteiger partial charge on any atom is 0.362 e. The summed E-state index contributed by atoms with van der Waals surface area (Å²) in [5.74, 6) is -0.819. The number of amides is 2. The molecule has 6 rings (SSSR count). The van der Waals surface area contributed by atoms with E-state index in [1.807, 2.05) is 18.2 Å². The van der Waals surface area contributed by atoms with E-state index >= 15 is 0 Å². The van der Waals surface area contributed by atoms with Crippen molar-refractivity contribution < 1.29 is 14.0 Å². The number of carbonyl (C=O) groups excluding carboxylic acids is 2. The highest BCUT2D eigenvalue weighted by Gasteiger charge is 2.36. The van der Waals surface area contributed by atoms with E-state index in [4.69, 9.17) is 4.42 Å². The molecule has 0 N–H and O–H groups in total. The highest BCUT2D eigenvalue weighted by atomic mass is 16.4. The molecule has 2 amide bonds. The second-order valence-corrected chi connectivity index (χ2v) is 7.12. The normalized spacial score (nSPS) is 13.4. The largest absolute Gasteiger partial charge is 0.421 e. The van der Waals surface area contributed by atoms with Crippen molar-refractivity contribution in [2.24, 2.45) is 0 Å². The number of rotatable bonds is 2. The van der Waals surface area contributed by atoms with E-state index in [1.54, 1.807) is 48.5 Å². The van der Waals surface area contributed by atoms with Gasteiger partial charge in [-0.1, -0.05) is 29.5 Å². The molecule has 0 bridgehead atoms. The van der Waals surface area contributed by atoms with Crippen molar-refractivity contribution in [1.29, 1.82) is 0 Å². The molecule has 1 aliphatic rings. The van der Waals surface area contributed by atoms with E-state index in [0.717, 1.165) is 4.90 Å². The van der Waals surface area contributed by atoms with Crippen LogP contribution in [0.25, 0.3) is 27.7 Å². The molecule has 0 saturated carbocycles. The fourth-order valence-electron chi connectivity index (χ4n) is 3.85. The summed E-state index contributed by atoms with van der Waals surface area (Å²) < 4.78 is 6.95. The van der Waals surface area contributed by atoms with Crippen LogP contribution in [0.2, 0.25) is 0 Å². The van der Waals surface area contributed by atoms with Gasteiger partial charge < -0.3 is 4.42 Å². The molecule has 5 aromatic rings. The van der Waals surface area contributed by atoms with Crippen LogP contribution in [-0.2, 0) is 0 Å². The van der Waals surface area contributed by atoms with Gasteiger partial charge in [-0.3, -0.25) is 9.59 Å². The first-order chi connectivity index (χ1) is 15.1. The third-order valence-electron chi connectivity index (χ3n) is 5.33. The van der Waals surface area contributed by atoms with Gasteiger partial charge in [-0.05, 0) is 42.5 Å². The Hall–Kier alpha value is -4.59. The zero-order chi connectivity index (χ0) is 21.1. The molecule has 1 aliphatic heterocycles. The van der Waals surface area contributed by atoms with Crippen LogP contribution in [0.3, 0.4) is 0 Å². The third kappa shape index (κ3) is 2.45. The van der Waals surface area contributed by atoms with Crippen molar-refractivity contribution in [2.45, 2.75) is 0 Å². The molecular weight excluding hydrogens is 396 g/mol. The van der Waals surface area contributed by atoms with Crippen LogP contribution in [0.15, 0.2) is 82.0 Å². The molecule has 3 heterocycles. The van der Waals surface area contributed by atoms with Gasteiger partial charge in [0.05, 0.1) is 22.3 Å². The van der Waals surface area contributed by atoms with Gasteiger partial charge in [0.25, 0.3) is 11.8 Å². The van der Waals surface area contributed by atoms with Gasteiger partial charge in [0, 0.05) is 11.5 Å². The van der Waals surface area contributed by atoms with Gasteiger partial charge in [0.15, 0.2) is 5.69 Å². The number of hydrogen-bond donors (Lipinski definition) is 0. The number of aromatic nitrogens is 3. The summed E-state index contributed by atoms with van der Waals surface area (Å²) in [6.45, 7) is 0. The Kier molecular flexibility index (Phi) is 3.46. The summed E-state index contributed by atoms with van der Waals surface area (Å²) in [4.78, 5) is 39.3. The van der Waals surface area contributed by atoms with Crippen LogP contribution in [-0.4, -0.2) is 26.8 Å². The number of anilines is 1. The zero-order valence-corrected chi connectivity index (χ0v) is 15.9. The molecule has 8 nitrogen and oxygen atoms in total. The minimum Gasteiger partial charge on any atom is -0.421 e. The van der Waals surface area contributed by atoms with Crippen molar-refractivity contribution in [3.63, 3.8) is 0 Å². The Balaban J connectivity index is 1.47. The number of benzene rings is 3. The number of nitrogens with zero attached hydrogens (tertiary/aromatic N) is 4. The molecule has 0 spiro atoms. The number of fused-ring (bicyclic) bond motifs is 3.